The number of amides is 1. The number of fused-ring (bicyclic) bond motifs is 1. The van der Waals surface area contributed by atoms with Crippen LogP contribution in [0.5, 0.6) is 0 Å². The van der Waals surface area contributed by atoms with E-state index in [4.69, 9.17) is 0 Å². The van der Waals surface area contributed by atoms with Crippen LogP contribution in [0.15, 0.2) is 64.9 Å². The van der Waals surface area contributed by atoms with Crippen molar-refractivity contribution >= 4 is 36.6 Å². The third kappa shape index (κ3) is 6.87. The molecule has 37 heavy (non-hydrogen) atoms. The summed E-state index contributed by atoms with van der Waals surface area (Å²) in [6, 6.07) is 11.2. The van der Waals surface area contributed by atoms with Crippen LogP contribution < -0.4 is 5.32 Å². The van der Waals surface area contributed by atoms with Crippen molar-refractivity contribution in [3.63, 3.8) is 0 Å². The molecule has 1 unspecified atom stereocenters. The lowest BCUT2D eigenvalue weighted by molar-refractivity contribution is -0.0922. The number of aliphatic imine (C=N–C) groups is 1. The molecule has 0 aliphatic carbocycles. The minimum Gasteiger partial charge on any atom is -0.377 e. The third-order valence-corrected chi connectivity index (χ3v) is 7.22. The number of halogens is 3. The average molecular weight is 529 g/mol. The van der Waals surface area contributed by atoms with Crippen LogP contribution in [0.25, 0.3) is 22.4 Å². The topological polar surface area (TPSA) is 90.4 Å². The van der Waals surface area contributed by atoms with E-state index in [9.17, 15) is 22.9 Å². The van der Waals surface area contributed by atoms with Gasteiger partial charge in [-0.15, -0.1) is 0 Å². The lowest BCUT2D eigenvalue weighted by Gasteiger charge is -2.11. The maximum Gasteiger partial charge on any atom is 0.433 e. The van der Waals surface area contributed by atoms with E-state index in [2.05, 4.69) is 32.6 Å². The second kappa shape index (κ2) is 10.5. The number of carbonyl (C=O) groups is 1. The second-order valence-corrected chi connectivity index (χ2v) is 12.5. The lowest BCUT2D eigenvalue weighted by Crippen LogP contribution is -2.22. The number of aromatic nitrogens is 2. The first-order valence-corrected chi connectivity index (χ1v) is 14.3. The Morgan fingerprint density at radius 1 is 1.22 bits per heavy atom. The Labute approximate surface area is 213 Å². The Morgan fingerprint density at radius 3 is 2.70 bits per heavy atom. The fourth-order valence-corrected chi connectivity index (χ4v) is 4.90. The van der Waals surface area contributed by atoms with E-state index in [1.165, 1.54) is 11.6 Å². The third-order valence-electron chi connectivity index (χ3n) is 5.94. The Bertz CT molecular complexity index is 1480. The molecule has 10 heteroatoms. The van der Waals surface area contributed by atoms with E-state index in [1.54, 1.807) is 18.2 Å². The molecule has 0 spiro atoms. The van der Waals surface area contributed by atoms with E-state index in [0.29, 0.717) is 28.1 Å². The largest absolute Gasteiger partial charge is 0.433 e. The molecule has 1 aliphatic heterocycles. The molecule has 1 atom stereocenters. The van der Waals surface area contributed by atoms with Crippen molar-refractivity contribution in [1.29, 1.82) is 0 Å². The molecular weight excluding hydrogens is 500 g/mol. The normalized spacial score (nSPS) is 15.6. The molecule has 2 heterocycles. The second-order valence-electron chi connectivity index (χ2n) is 9.34. The van der Waals surface area contributed by atoms with Crippen molar-refractivity contribution in [2.45, 2.75) is 32.4 Å². The Hall–Kier alpha value is -3.42. The summed E-state index contributed by atoms with van der Waals surface area (Å²) in [4.78, 5) is 34.0. The summed E-state index contributed by atoms with van der Waals surface area (Å²) in [6.45, 7) is 3.82. The highest BCUT2D eigenvalue weighted by atomic mass is 31.2. The number of hydrogen-bond donors (Lipinski definition) is 3. The first-order chi connectivity index (χ1) is 17.4. The number of carbonyl (C=O) groups excluding carboxylic acids is 1. The Morgan fingerprint density at radius 2 is 2.00 bits per heavy atom. The van der Waals surface area contributed by atoms with Crippen molar-refractivity contribution in [1.82, 2.24) is 15.3 Å². The van der Waals surface area contributed by atoms with E-state index in [-0.39, 0.29) is 6.42 Å². The van der Waals surface area contributed by atoms with E-state index in [0.717, 1.165) is 42.4 Å². The highest BCUT2D eigenvalue weighted by Crippen LogP contribution is 2.35. The molecular formula is C27H28F3N4O2P. The van der Waals surface area contributed by atoms with Crippen LogP contribution >= 0.6 is 7.11 Å². The number of alkyl halides is 3. The molecule has 0 fully saturated rings. The standard InChI is InChI=1S/C27H28F3N4O2P/c1-17-15-18(5-4-14-37(2,3)36)6-9-21(17)25-33-22-10-7-19(16-23(22)34-25)26(35)32-20-8-11-24(27(28,29)30)31-13-12-20/h6-11,13,15-16,36H,2,4-5,12,14H2,1,3H3,(H,32,35)(H,33,34). The fraction of sp³-hybridized carbons (Fsp3) is 0.259. The van der Waals surface area contributed by atoms with Crippen LogP contribution in [-0.2, 0) is 6.42 Å². The van der Waals surface area contributed by atoms with Gasteiger partial charge < -0.3 is 15.2 Å². The van der Waals surface area contributed by atoms with Gasteiger partial charge in [0, 0.05) is 29.5 Å². The predicted octanol–water partition coefficient (Wildman–Crippen LogP) is 5.99. The van der Waals surface area contributed by atoms with Gasteiger partial charge in [0.15, 0.2) is 0 Å². The fourth-order valence-electron chi connectivity index (χ4n) is 4.06. The highest BCUT2D eigenvalue weighted by Gasteiger charge is 2.33. The van der Waals surface area contributed by atoms with E-state index in [1.807, 2.05) is 25.7 Å². The summed E-state index contributed by atoms with van der Waals surface area (Å²) in [5, 5.41) is 2.66. The molecule has 0 bridgehead atoms. The summed E-state index contributed by atoms with van der Waals surface area (Å²) in [5.41, 5.74) is 4.19. The van der Waals surface area contributed by atoms with Gasteiger partial charge in [-0.05, 0) is 81.2 Å². The Kier molecular flexibility index (Phi) is 7.57. The number of benzene rings is 2. The summed E-state index contributed by atoms with van der Waals surface area (Å²) >= 11 is 0. The maximum atomic E-state index is 12.9. The number of imidazole rings is 1. The van der Waals surface area contributed by atoms with Crippen molar-refractivity contribution in [3.8, 4) is 11.4 Å². The number of hydrogen-bond acceptors (Lipinski definition) is 4. The van der Waals surface area contributed by atoms with Gasteiger partial charge in [0.05, 0.1) is 11.0 Å². The number of aryl methyl sites for hydroxylation is 2. The molecule has 3 aromatic rings. The number of allylic oxidation sites excluding steroid dienone is 4. The van der Waals surface area contributed by atoms with Gasteiger partial charge in [-0.25, -0.2) is 4.98 Å². The number of rotatable bonds is 7. The van der Waals surface area contributed by atoms with Crippen molar-refractivity contribution in [2.75, 3.05) is 12.8 Å². The summed E-state index contributed by atoms with van der Waals surface area (Å²) < 4.78 is 38.6. The average Bonchev–Trinajstić information content (AvgIpc) is 3.07. The monoisotopic (exact) mass is 528 g/mol. The van der Waals surface area contributed by atoms with Gasteiger partial charge in [0.1, 0.15) is 11.5 Å². The molecule has 0 radical (unpaired) electrons. The zero-order valence-corrected chi connectivity index (χ0v) is 21.5. The van der Waals surface area contributed by atoms with Crippen molar-refractivity contribution < 1.29 is 22.9 Å². The van der Waals surface area contributed by atoms with Gasteiger partial charge in [-0.1, -0.05) is 24.5 Å². The zero-order valence-electron chi connectivity index (χ0n) is 20.6. The predicted molar refractivity (Wildman–Crippen MR) is 144 cm³/mol. The first-order valence-electron chi connectivity index (χ1n) is 11.7. The lowest BCUT2D eigenvalue weighted by atomic mass is 10.0. The number of nitrogens with one attached hydrogen (secondary N) is 2. The first kappa shape index (κ1) is 26.6. The molecule has 1 aromatic heterocycles. The molecule has 0 saturated carbocycles. The van der Waals surface area contributed by atoms with E-state index >= 15 is 0 Å². The van der Waals surface area contributed by atoms with Crippen LogP contribution in [-0.4, -0.2) is 52.3 Å². The van der Waals surface area contributed by atoms with Gasteiger partial charge in [-0.2, -0.15) is 13.2 Å². The summed E-state index contributed by atoms with van der Waals surface area (Å²) in [7, 11) is -2.02. The van der Waals surface area contributed by atoms with Crippen LogP contribution in [0.1, 0.15) is 34.3 Å². The van der Waals surface area contributed by atoms with Crippen molar-refractivity contribution in [2.24, 2.45) is 4.99 Å². The number of H-pyrrole nitrogens is 1. The molecule has 3 N–H and O–H groups in total. The van der Waals surface area contributed by atoms with Crippen LogP contribution in [0.3, 0.4) is 0 Å². The molecule has 4 rings (SSSR count). The van der Waals surface area contributed by atoms with Gasteiger partial charge in [-0.3, -0.25) is 9.79 Å². The minimum atomic E-state index is -4.55. The quantitative estimate of drug-likeness (QED) is 0.329. The molecule has 194 valence electrons. The summed E-state index contributed by atoms with van der Waals surface area (Å²) in [5.74, 6) is 0.238. The van der Waals surface area contributed by atoms with E-state index < -0.39 is 24.9 Å². The van der Waals surface area contributed by atoms with Gasteiger partial charge in [0.2, 0.25) is 0 Å². The minimum absolute atomic E-state index is 0.0732. The molecule has 0 saturated heterocycles. The zero-order chi connectivity index (χ0) is 26.8. The van der Waals surface area contributed by atoms with Crippen LogP contribution in [0.4, 0.5) is 13.2 Å². The smallest absolute Gasteiger partial charge is 0.377 e. The number of aromatic amines is 1. The summed E-state index contributed by atoms with van der Waals surface area (Å²) in [6.07, 6.45) is 5.02. The molecule has 6 nitrogen and oxygen atoms in total. The molecule has 1 amide bonds. The van der Waals surface area contributed by atoms with Crippen LogP contribution in [0, 0.1) is 6.92 Å². The van der Waals surface area contributed by atoms with Crippen LogP contribution in [0.2, 0.25) is 0 Å². The Balaban J connectivity index is 1.49. The van der Waals surface area contributed by atoms with Crippen molar-refractivity contribution in [3.05, 3.63) is 76.6 Å². The molecule has 2 aromatic carbocycles. The maximum absolute atomic E-state index is 12.9. The van der Waals surface area contributed by atoms with Gasteiger partial charge >= 0.3 is 6.18 Å². The molecule has 1 aliphatic rings. The van der Waals surface area contributed by atoms with Gasteiger partial charge in [0.25, 0.3) is 5.91 Å². The SMILES string of the molecule is C=P(C)(O)CCCc1ccc(-c2nc3ccc(C(=O)NC4=CC=C(C(F)(F)F)N=CC4)cc3[nH]2)c(C)c1. The highest BCUT2D eigenvalue weighted by molar-refractivity contribution is 7.67. The number of nitrogens with zero attached hydrogens (tertiary/aromatic N) is 2.